The van der Waals surface area contributed by atoms with Gasteiger partial charge < -0.3 is 19.4 Å². The van der Waals surface area contributed by atoms with Gasteiger partial charge in [0.1, 0.15) is 17.3 Å². The van der Waals surface area contributed by atoms with E-state index in [1.54, 1.807) is 18.2 Å². The van der Waals surface area contributed by atoms with Crippen LogP contribution in [-0.2, 0) is 17.8 Å². The quantitative estimate of drug-likeness (QED) is 0.248. The number of thioether (sulfide) groups is 1. The molecule has 0 saturated heterocycles. The van der Waals surface area contributed by atoms with Crippen LogP contribution in [0.2, 0.25) is 10.0 Å². The number of anilines is 1. The molecule has 0 spiro atoms. The Balaban J connectivity index is 1.46. The van der Waals surface area contributed by atoms with Crippen LogP contribution in [0.5, 0.6) is 11.5 Å². The van der Waals surface area contributed by atoms with Gasteiger partial charge in [0.25, 0.3) is 0 Å². The SMILES string of the molecule is CCOc1ccc(NC(=O)CSc2nnc(CCCOc3ccc(Cl)cc3Cl)n2CC)cc1. The number of aromatic nitrogens is 3. The summed E-state index contributed by atoms with van der Waals surface area (Å²) in [4.78, 5) is 12.3. The number of aryl methyl sites for hydroxylation is 1. The van der Waals surface area contributed by atoms with Gasteiger partial charge >= 0.3 is 0 Å². The summed E-state index contributed by atoms with van der Waals surface area (Å²) in [6.07, 6.45) is 1.45. The minimum atomic E-state index is -0.107. The first-order chi connectivity index (χ1) is 16.0. The Morgan fingerprint density at radius 2 is 1.88 bits per heavy atom. The van der Waals surface area contributed by atoms with Crippen LogP contribution in [0.4, 0.5) is 5.69 Å². The summed E-state index contributed by atoms with van der Waals surface area (Å²) in [6.45, 7) is 5.77. The summed E-state index contributed by atoms with van der Waals surface area (Å²) >= 11 is 13.4. The van der Waals surface area contributed by atoms with Gasteiger partial charge in [-0.15, -0.1) is 10.2 Å². The number of hydrogen-bond acceptors (Lipinski definition) is 6. The molecule has 1 N–H and O–H groups in total. The van der Waals surface area contributed by atoms with E-state index in [2.05, 4.69) is 15.5 Å². The summed E-state index contributed by atoms with van der Waals surface area (Å²) < 4.78 is 13.2. The summed E-state index contributed by atoms with van der Waals surface area (Å²) in [5.74, 6) is 2.37. The topological polar surface area (TPSA) is 78.3 Å². The first-order valence-electron chi connectivity index (χ1n) is 10.7. The van der Waals surface area contributed by atoms with Crippen molar-refractivity contribution in [1.82, 2.24) is 14.8 Å². The highest BCUT2D eigenvalue weighted by Gasteiger charge is 2.13. The molecule has 0 unspecified atom stereocenters. The largest absolute Gasteiger partial charge is 0.494 e. The summed E-state index contributed by atoms with van der Waals surface area (Å²) in [5.41, 5.74) is 0.725. The van der Waals surface area contributed by atoms with Crippen molar-refractivity contribution in [3.05, 3.63) is 58.3 Å². The molecule has 0 aliphatic rings. The highest BCUT2D eigenvalue weighted by molar-refractivity contribution is 7.99. The predicted molar refractivity (Wildman–Crippen MR) is 133 cm³/mol. The lowest BCUT2D eigenvalue weighted by atomic mass is 10.3. The van der Waals surface area contributed by atoms with Gasteiger partial charge in [0, 0.05) is 23.7 Å². The van der Waals surface area contributed by atoms with E-state index in [0.29, 0.717) is 35.4 Å². The van der Waals surface area contributed by atoms with E-state index in [1.165, 1.54) is 11.8 Å². The van der Waals surface area contributed by atoms with Crippen molar-refractivity contribution >= 4 is 46.6 Å². The maximum Gasteiger partial charge on any atom is 0.234 e. The third kappa shape index (κ3) is 7.55. The molecule has 33 heavy (non-hydrogen) atoms. The summed E-state index contributed by atoms with van der Waals surface area (Å²) in [6, 6.07) is 12.5. The number of carbonyl (C=O) groups excluding carboxylic acids is 1. The molecule has 0 atom stereocenters. The maximum atomic E-state index is 12.3. The zero-order valence-electron chi connectivity index (χ0n) is 18.5. The third-order valence-electron chi connectivity index (χ3n) is 4.59. The molecule has 0 aliphatic heterocycles. The number of nitrogens with zero attached hydrogens (tertiary/aromatic N) is 3. The minimum absolute atomic E-state index is 0.107. The molecular weight excluding hydrogens is 483 g/mol. The molecule has 1 amide bonds. The minimum Gasteiger partial charge on any atom is -0.494 e. The van der Waals surface area contributed by atoms with E-state index in [-0.39, 0.29) is 11.7 Å². The van der Waals surface area contributed by atoms with E-state index in [4.69, 9.17) is 32.7 Å². The Labute approximate surface area is 207 Å². The summed E-state index contributed by atoms with van der Waals surface area (Å²) in [5, 5.41) is 13.2. The van der Waals surface area contributed by atoms with E-state index in [1.807, 2.05) is 42.7 Å². The van der Waals surface area contributed by atoms with E-state index < -0.39 is 0 Å². The van der Waals surface area contributed by atoms with Crippen molar-refractivity contribution < 1.29 is 14.3 Å². The fourth-order valence-corrected chi connectivity index (χ4v) is 4.35. The van der Waals surface area contributed by atoms with Crippen molar-refractivity contribution in [2.45, 2.75) is 38.4 Å². The van der Waals surface area contributed by atoms with Crippen LogP contribution < -0.4 is 14.8 Å². The molecular formula is C23H26Cl2N4O3S. The predicted octanol–water partition coefficient (Wildman–Crippen LogP) is 5.75. The number of benzene rings is 2. The van der Waals surface area contributed by atoms with Gasteiger partial charge in [0.05, 0.1) is 24.0 Å². The molecule has 0 aliphatic carbocycles. The van der Waals surface area contributed by atoms with Gasteiger partial charge in [-0.25, -0.2) is 0 Å². The molecule has 176 valence electrons. The Hall–Kier alpha value is -2.42. The molecule has 7 nitrogen and oxygen atoms in total. The second-order valence-electron chi connectivity index (χ2n) is 6.96. The molecule has 1 aromatic heterocycles. The van der Waals surface area contributed by atoms with Crippen molar-refractivity contribution in [2.75, 3.05) is 24.3 Å². The van der Waals surface area contributed by atoms with Gasteiger partial charge in [-0.1, -0.05) is 35.0 Å². The second-order valence-corrected chi connectivity index (χ2v) is 8.75. The molecule has 1 heterocycles. The monoisotopic (exact) mass is 508 g/mol. The Morgan fingerprint density at radius 1 is 1.09 bits per heavy atom. The summed E-state index contributed by atoms with van der Waals surface area (Å²) in [7, 11) is 0. The molecule has 10 heteroatoms. The van der Waals surface area contributed by atoms with Crippen molar-refractivity contribution in [3.8, 4) is 11.5 Å². The highest BCUT2D eigenvalue weighted by atomic mass is 35.5. The molecule has 0 saturated carbocycles. The molecule has 0 radical (unpaired) electrons. The molecule has 0 bridgehead atoms. The standard InChI is InChI=1S/C23H26Cl2N4O3S/c1-3-29-21(6-5-13-32-20-12-7-16(24)14-19(20)25)27-28-23(29)33-15-22(30)26-17-8-10-18(11-9-17)31-4-2/h7-12,14H,3-6,13,15H2,1-2H3,(H,26,30). The van der Waals surface area contributed by atoms with Gasteiger partial charge in [-0.05, 0) is 62.7 Å². The molecule has 0 fully saturated rings. The van der Waals surface area contributed by atoms with Crippen LogP contribution in [-0.4, -0.2) is 39.6 Å². The first-order valence-corrected chi connectivity index (χ1v) is 12.4. The van der Waals surface area contributed by atoms with Gasteiger partial charge in [-0.2, -0.15) is 0 Å². The lowest BCUT2D eigenvalue weighted by Crippen LogP contribution is -2.14. The van der Waals surface area contributed by atoms with Crippen LogP contribution in [0.3, 0.4) is 0 Å². The third-order valence-corrected chi connectivity index (χ3v) is 6.08. The first kappa shape index (κ1) is 25.2. The maximum absolute atomic E-state index is 12.3. The van der Waals surface area contributed by atoms with Gasteiger partial charge in [0.2, 0.25) is 5.91 Å². The van der Waals surface area contributed by atoms with Crippen LogP contribution in [0, 0.1) is 0 Å². The van der Waals surface area contributed by atoms with Crippen LogP contribution in [0.25, 0.3) is 0 Å². The van der Waals surface area contributed by atoms with Crippen molar-refractivity contribution in [1.29, 1.82) is 0 Å². The van der Waals surface area contributed by atoms with E-state index in [0.717, 1.165) is 35.4 Å². The number of carbonyl (C=O) groups is 1. The van der Waals surface area contributed by atoms with Crippen LogP contribution in [0.15, 0.2) is 47.6 Å². The smallest absolute Gasteiger partial charge is 0.234 e. The number of halogens is 2. The van der Waals surface area contributed by atoms with Crippen molar-refractivity contribution in [3.63, 3.8) is 0 Å². The lowest BCUT2D eigenvalue weighted by Gasteiger charge is -2.10. The van der Waals surface area contributed by atoms with E-state index in [9.17, 15) is 4.79 Å². The number of hydrogen-bond donors (Lipinski definition) is 1. The van der Waals surface area contributed by atoms with Gasteiger partial charge in [-0.3, -0.25) is 4.79 Å². The van der Waals surface area contributed by atoms with E-state index >= 15 is 0 Å². The second kappa shape index (κ2) is 12.7. The molecule has 3 aromatic rings. The fraction of sp³-hybridized carbons (Fsp3) is 0.348. The Bertz CT molecular complexity index is 1060. The van der Waals surface area contributed by atoms with Gasteiger partial charge in [0.15, 0.2) is 5.16 Å². The zero-order valence-corrected chi connectivity index (χ0v) is 20.8. The Kier molecular flexibility index (Phi) is 9.72. The number of rotatable bonds is 12. The lowest BCUT2D eigenvalue weighted by molar-refractivity contribution is -0.113. The average Bonchev–Trinajstić information content (AvgIpc) is 3.19. The number of nitrogens with one attached hydrogen (secondary N) is 1. The zero-order chi connectivity index (χ0) is 23.6. The normalized spacial score (nSPS) is 10.8. The highest BCUT2D eigenvalue weighted by Crippen LogP contribution is 2.27. The van der Waals surface area contributed by atoms with Crippen molar-refractivity contribution in [2.24, 2.45) is 0 Å². The number of amides is 1. The molecule has 3 rings (SSSR count). The number of ether oxygens (including phenoxy) is 2. The average molecular weight is 509 g/mol. The van der Waals surface area contributed by atoms with Crippen LogP contribution in [0.1, 0.15) is 26.1 Å². The fourth-order valence-electron chi connectivity index (χ4n) is 3.06. The molecule has 2 aromatic carbocycles. The van der Waals surface area contributed by atoms with Crippen LogP contribution >= 0.6 is 35.0 Å². The Morgan fingerprint density at radius 3 is 2.58 bits per heavy atom.